The Labute approximate surface area is 182 Å². The van der Waals surface area contributed by atoms with Crippen LogP contribution in [0.4, 0.5) is 5.69 Å². The molecule has 7 nitrogen and oxygen atoms in total. The number of anilines is 1. The topological polar surface area (TPSA) is 76.5 Å². The van der Waals surface area contributed by atoms with E-state index in [1.165, 1.54) is 0 Å². The summed E-state index contributed by atoms with van der Waals surface area (Å²) in [6, 6.07) is 16.3. The first-order valence-corrected chi connectivity index (χ1v) is 10.4. The van der Waals surface area contributed by atoms with Crippen LogP contribution in [0.3, 0.4) is 0 Å². The Balaban J connectivity index is 1.59. The summed E-state index contributed by atoms with van der Waals surface area (Å²) < 4.78 is 7.06. The second-order valence-corrected chi connectivity index (χ2v) is 7.09. The minimum atomic E-state index is -0.370. The normalized spacial score (nSPS) is 10.8. The van der Waals surface area contributed by atoms with Crippen LogP contribution in [-0.4, -0.2) is 52.8 Å². The predicted octanol–water partition coefficient (Wildman–Crippen LogP) is 3.93. The number of ether oxygens (including phenoxy) is 1. The van der Waals surface area contributed by atoms with Gasteiger partial charge in [0.15, 0.2) is 0 Å². The standard InChI is InChI=1S/C24H28N4O3/c1-4-27(5-2)15-16-31-24(30)19-11-13-20(14-12-19)26-23(29)22-17-25-28(18(22)3)21-9-7-6-8-10-21/h6-14,17H,4-5,15-16H2,1-3H3,(H,26,29). The van der Waals surface area contributed by atoms with Crippen molar-refractivity contribution < 1.29 is 14.3 Å². The molecule has 3 aromatic rings. The van der Waals surface area contributed by atoms with Crippen molar-refractivity contribution in [2.75, 3.05) is 31.6 Å². The second kappa shape index (κ2) is 10.5. The SMILES string of the molecule is CCN(CC)CCOC(=O)c1ccc(NC(=O)c2cnn(-c3ccccc3)c2C)cc1. The summed E-state index contributed by atoms with van der Waals surface area (Å²) in [7, 11) is 0. The molecule has 0 bridgehead atoms. The fraction of sp³-hybridized carbons (Fsp3) is 0.292. The number of carbonyl (C=O) groups is 2. The molecular formula is C24H28N4O3. The Morgan fingerprint density at radius 2 is 1.71 bits per heavy atom. The summed E-state index contributed by atoms with van der Waals surface area (Å²) >= 11 is 0. The van der Waals surface area contributed by atoms with Gasteiger partial charge in [0.1, 0.15) is 6.61 Å². The van der Waals surface area contributed by atoms with Crippen molar-refractivity contribution in [1.82, 2.24) is 14.7 Å². The Bertz CT molecular complexity index is 1010. The Hall–Kier alpha value is -3.45. The average molecular weight is 421 g/mol. The third-order valence-electron chi connectivity index (χ3n) is 5.17. The molecule has 1 heterocycles. The smallest absolute Gasteiger partial charge is 0.338 e. The highest BCUT2D eigenvalue weighted by Gasteiger charge is 2.16. The van der Waals surface area contributed by atoms with Gasteiger partial charge in [-0.05, 0) is 56.4 Å². The van der Waals surface area contributed by atoms with Crippen LogP contribution in [0.5, 0.6) is 0 Å². The Morgan fingerprint density at radius 1 is 1.03 bits per heavy atom. The molecule has 0 atom stereocenters. The first-order valence-electron chi connectivity index (χ1n) is 10.4. The number of amides is 1. The molecule has 3 rings (SSSR count). The Kier molecular flexibility index (Phi) is 7.56. The number of hydrogen-bond donors (Lipinski definition) is 1. The van der Waals surface area contributed by atoms with Crippen LogP contribution < -0.4 is 5.32 Å². The van der Waals surface area contributed by atoms with Crippen molar-refractivity contribution in [1.29, 1.82) is 0 Å². The van der Waals surface area contributed by atoms with E-state index in [0.29, 0.717) is 30.0 Å². The van der Waals surface area contributed by atoms with Gasteiger partial charge in [0.2, 0.25) is 0 Å². The van der Waals surface area contributed by atoms with E-state index in [2.05, 4.69) is 29.2 Å². The minimum absolute atomic E-state index is 0.255. The van der Waals surface area contributed by atoms with Crippen molar-refractivity contribution in [3.05, 3.63) is 77.6 Å². The number of benzene rings is 2. The fourth-order valence-electron chi connectivity index (χ4n) is 3.24. The molecule has 0 saturated carbocycles. The lowest BCUT2D eigenvalue weighted by atomic mass is 10.2. The minimum Gasteiger partial charge on any atom is -0.461 e. The van der Waals surface area contributed by atoms with Gasteiger partial charge in [-0.3, -0.25) is 4.79 Å². The fourth-order valence-corrected chi connectivity index (χ4v) is 3.24. The van der Waals surface area contributed by atoms with Crippen LogP contribution in [-0.2, 0) is 4.74 Å². The van der Waals surface area contributed by atoms with Gasteiger partial charge in [-0.2, -0.15) is 5.10 Å². The molecule has 162 valence electrons. The van der Waals surface area contributed by atoms with Gasteiger partial charge in [0, 0.05) is 12.2 Å². The molecule has 1 N–H and O–H groups in total. The molecule has 0 aliphatic carbocycles. The number of rotatable bonds is 9. The zero-order valence-corrected chi connectivity index (χ0v) is 18.2. The van der Waals surface area contributed by atoms with Crippen LogP contribution in [0.15, 0.2) is 60.8 Å². The summed E-state index contributed by atoms with van der Waals surface area (Å²) in [5.41, 5.74) is 3.17. The van der Waals surface area contributed by atoms with Crippen LogP contribution >= 0.6 is 0 Å². The first kappa shape index (κ1) is 22.2. The zero-order valence-electron chi connectivity index (χ0n) is 18.2. The number of nitrogens with one attached hydrogen (secondary N) is 1. The second-order valence-electron chi connectivity index (χ2n) is 7.09. The first-order chi connectivity index (χ1) is 15.0. The number of hydrogen-bond acceptors (Lipinski definition) is 5. The molecule has 2 aromatic carbocycles. The van der Waals surface area contributed by atoms with E-state index in [4.69, 9.17) is 4.74 Å². The summed E-state index contributed by atoms with van der Waals surface area (Å²) in [5.74, 6) is -0.626. The molecule has 0 radical (unpaired) electrons. The quantitative estimate of drug-likeness (QED) is 0.531. The third-order valence-corrected chi connectivity index (χ3v) is 5.17. The molecule has 31 heavy (non-hydrogen) atoms. The van der Waals surface area contributed by atoms with E-state index in [-0.39, 0.29) is 11.9 Å². The summed E-state index contributed by atoms with van der Waals surface area (Å²) in [5, 5.41) is 7.18. The van der Waals surface area contributed by atoms with E-state index in [9.17, 15) is 9.59 Å². The van der Waals surface area contributed by atoms with Crippen LogP contribution in [0.25, 0.3) is 5.69 Å². The van der Waals surface area contributed by atoms with Gasteiger partial charge < -0.3 is 15.0 Å². The van der Waals surface area contributed by atoms with Gasteiger partial charge in [-0.15, -0.1) is 0 Å². The van der Waals surface area contributed by atoms with Gasteiger partial charge in [-0.25, -0.2) is 9.48 Å². The molecule has 7 heteroatoms. The van der Waals surface area contributed by atoms with Crippen LogP contribution in [0.1, 0.15) is 40.3 Å². The highest BCUT2D eigenvalue weighted by atomic mass is 16.5. The van der Waals surface area contributed by atoms with Crippen LogP contribution in [0.2, 0.25) is 0 Å². The lowest BCUT2D eigenvalue weighted by molar-refractivity contribution is 0.0466. The zero-order chi connectivity index (χ0) is 22.2. The lowest BCUT2D eigenvalue weighted by Gasteiger charge is -2.17. The maximum absolute atomic E-state index is 12.7. The largest absolute Gasteiger partial charge is 0.461 e. The number of aromatic nitrogens is 2. The van der Waals surface area contributed by atoms with E-state index >= 15 is 0 Å². The average Bonchev–Trinajstić information content (AvgIpc) is 3.19. The van der Waals surface area contributed by atoms with E-state index in [1.807, 2.05) is 37.3 Å². The van der Waals surface area contributed by atoms with Gasteiger partial charge in [-0.1, -0.05) is 32.0 Å². The molecular weight excluding hydrogens is 392 g/mol. The van der Waals surface area contributed by atoms with E-state index in [1.54, 1.807) is 35.1 Å². The van der Waals surface area contributed by atoms with Crippen molar-refractivity contribution in [3.63, 3.8) is 0 Å². The Morgan fingerprint density at radius 3 is 2.35 bits per heavy atom. The molecule has 1 amide bonds. The summed E-state index contributed by atoms with van der Waals surface area (Å²) in [6.45, 7) is 8.91. The number of likely N-dealkylation sites (N-methyl/N-ethyl adjacent to an activating group) is 1. The maximum Gasteiger partial charge on any atom is 0.338 e. The maximum atomic E-state index is 12.7. The highest BCUT2D eigenvalue weighted by Crippen LogP contribution is 2.17. The molecule has 0 unspecified atom stereocenters. The molecule has 0 aliphatic rings. The van der Waals surface area contributed by atoms with Crippen molar-refractivity contribution in [2.45, 2.75) is 20.8 Å². The molecule has 0 fully saturated rings. The van der Waals surface area contributed by atoms with Gasteiger partial charge in [0.25, 0.3) is 5.91 Å². The van der Waals surface area contributed by atoms with Crippen molar-refractivity contribution in [3.8, 4) is 5.69 Å². The van der Waals surface area contributed by atoms with E-state index in [0.717, 1.165) is 24.5 Å². The molecule has 0 saturated heterocycles. The summed E-state index contributed by atoms with van der Waals surface area (Å²) in [6.07, 6.45) is 1.55. The predicted molar refractivity (Wildman–Crippen MR) is 121 cm³/mol. The summed E-state index contributed by atoms with van der Waals surface area (Å²) in [4.78, 5) is 27.1. The number of para-hydroxylation sites is 1. The van der Waals surface area contributed by atoms with Gasteiger partial charge in [0.05, 0.1) is 28.7 Å². The molecule has 0 aliphatic heterocycles. The number of carbonyl (C=O) groups excluding carboxylic acids is 2. The number of esters is 1. The van der Waals surface area contributed by atoms with E-state index < -0.39 is 0 Å². The van der Waals surface area contributed by atoms with Crippen molar-refractivity contribution >= 4 is 17.6 Å². The molecule has 0 spiro atoms. The monoisotopic (exact) mass is 420 g/mol. The van der Waals surface area contributed by atoms with Crippen molar-refractivity contribution in [2.24, 2.45) is 0 Å². The third kappa shape index (κ3) is 5.58. The molecule has 1 aromatic heterocycles. The lowest BCUT2D eigenvalue weighted by Crippen LogP contribution is -2.27. The highest BCUT2D eigenvalue weighted by molar-refractivity contribution is 6.05. The van der Waals surface area contributed by atoms with Crippen LogP contribution in [0, 0.1) is 6.92 Å². The van der Waals surface area contributed by atoms with Gasteiger partial charge >= 0.3 is 5.97 Å². The number of nitrogens with zero attached hydrogens (tertiary/aromatic N) is 3.